The number of carbonyl (C=O) groups excluding carboxylic acids is 11. The molecule has 620 valence electrons. The lowest BCUT2D eigenvalue weighted by Gasteiger charge is -2.45. The summed E-state index contributed by atoms with van der Waals surface area (Å²) < 4.78 is 8.55. The molecule has 14 amide bonds. The zero-order valence-electron chi connectivity index (χ0n) is 63.0. The summed E-state index contributed by atoms with van der Waals surface area (Å²) in [6, 6.07) is 39.5. The first kappa shape index (κ1) is 88.6. The van der Waals surface area contributed by atoms with Gasteiger partial charge in [0.2, 0.25) is 5.91 Å². The van der Waals surface area contributed by atoms with Gasteiger partial charge in [0.15, 0.2) is 0 Å². The molecule has 0 aliphatic carbocycles. The Morgan fingerprint density at radius 2 is 0.664 bits per heavy atom. The number of hydrogen-bond donors (Lipinski definition) is 1. The highest BCUT2D eigenvalue weighted by Gasteiger charge is 2.66. The van der Waals surface area contributed by atoms with E-state index in [1.807, 2.05) is 97.1 Å². The summed E-state index contributed by atoms with van der Waals surface area (Å²) in [5, 5.41) is 10.3. The van der Waals surface area contributed by atoms with E-state index in [0.717, 1.165) is 66.2 Å². The summed E-state index contributed by atoms with van der Waals surface area (Å²) in [5.74, 6) is -1.93. The molecule has 28 nitrogen and oxygen atoms in total. The topological polar surface area (TPSA) is 296 Å². The number of nitrogens with zero attached hydrogens (tertiary/aromatic N) is 15. The summed E-state index contributed by atoms with van der Waals surface area (Å²) in [4.78, 5) is 165. The van der Waals surface area contributed by atoms with E-state index in [9.17, 15) is 52.7 Å². The van der Waals surface area contributed by atoms with Crippen LogP contribution in [0.2, 0.25) is 41.2 Å². The van der Waals surface area contributed by atoms with Gasteiger partial charge in [-0.3, -0.25) is 28.8 Å². The van der Waals surface area contributed by atoms with E-state index in [-0.39, 0.29) is 108 Å². The summed E-state index contributed by atoms with van der Waals surface area (Å²) in [6.07, 6.45) is 4.96. The number of amides is 14. The Bertz CT molecular complexity index is 5340. The van der Waals surface area contributed by atoms with Gasteiger partial charge < -0.3 is 4.74 Å². The minimum Gasteiger partial charge on any atom is -0.452 e. The molecule has 0 radical (unpaired) electrons. The van der Waals surface area contributed by atoms with Crippen LogP contribution in [0.25, 0.3) is 0 Å². The van der Waals surface area contributed by atoms with Crippen molar-refractivity contribution in [3.8, 4) is 0 Å². The first-order valence-corrected chi connectivity index (χ1v) is 43.0. The van der Waals surface area contributed by atoms with Gasteiger partial charge in [0.05, 0.1) is 36.4 Å². The van der Waals surface area contributed by atoms with Crippen molar-refractivity contribution in [1.82, 2.24) is 60.4 Å². The molecule has 8 aromatic rings. The third-order valence-corrected chi connectivity index (χ3v) is 24.8. The van der Waals surface area contributed by atoms with E-state index in [4.69, 9.17) is 97.5 Å². The van der Waals surface area contributed by atoms with Gasteiger partial charge in [0.25, 0.3) is 23.6 Å². The van der Waals surface area contributed by atoms with Crippen molar-refractivity contribution in [2.24, 2.45) is 0 Å². The lowest BCUT2D eigenvalue weighted by Crippen LogP contribution is -2.63. The maximum Gasteiger partial charge on any atom is 0.428 e. The number of Topliss-reactive ketones (excluding diaryl/α,β-unsaturated/α-hetero) is 1. The fourth-order valence-corrected chi connectivity index (χ4v) is 19.1. The van der Waals surface area contributed by atoms with Crippen LogP contribution in [-0.2, 0) is 59.2 Å². The fourth-order valence-electron chi connectivity index (χ4n) is 16.2. The largest absolute Gasteiger partial charge is 0.452 e. The molecule has 0 spiro atoms. The minimum atomic E-state index is -1.29. The van der Waals surface area contributed by atoms with Gasteiger partial charge in [-0.2, -0.15) is 0 Å². The lowest BCUT2D eigenvalue weighted by molar-refractivity contribution is -0.159. The second-order valence-corrected chi connectivity index (χ2v) is 35.6. The second kappa shape index (κ2) is 36.5. The van der Waals surface area contributed by atoms with Gasteiger partial charge in [-0.1, -0.05) is 205 Å². The number of ketones is 1. The average Bonchev–Trinajstić information content (AvgIpc) is 1.57. The molecule has 0 bridgehead atoms. The molecule has 8 aliphatic heterocycles. The molecule has 12 heterocycles. The number of aromatic nitrogens is 4. The molecule has 119 heavy (non-hydrogen) atoms. The lowest BCUT2D eigenvalue weighted by atomic mass is 9.84. The number of urea groups is 4. The van der Waals surface area contributed by atoms with Crippen molar-refractivity contribution in [1.29, 1.82) is 0 Å². The number of benzene rings is 4. The van der Waals surface area contributed by atoms with E-state index in [1.54, 1.807) is 5.01 Å². The van der Waals surface area contributed by atoms with Gasteiger partial charge in [0, 0.05) is 76.7 Å². The fraction of sp³-hybridized carbons (Fsp3) is 0.304. The molecule has 16 rings (SSSR count). The Kier molecular flexibility index (Phi) is 27.2. The van der Waals surface area contributed by atoms with Crippen LogP contribution in [0.1, 0.15) is 87.5 Å². The number of halogens is 12. The smallest absolute Gasteiger partial charge is 0.428 e. The zero-order chi connectivity index (χ0) is 85.5. The zero-order valence-corrected chi connectivity index (χ0v) is 75.4. The summed E-state index contributed by atoms with van der Waals surface area (Å²) >= 11 is 61.7. The maximum absolute atomic E-state index is 13.8. The van der Waals surface area contributed by atoms with Crippen LogP contribution in [0.3, 0.4) is 0 Å². The van der Waals surface area contributed by atoms with E-state index in [0.29, 0.717) is 83.1 Å². The molecular weight excluding hydrogens is 1970 g/mol. The SMILES string of the molecule is CC(=O)CN1CCCC2(Cc3ccc(Br)cc3)C(=O)N(c3cc(Cl)nc(Cl)c3)C(=O)N12.CC(=O)N1CCCC2(Cc3ccc(Br)cc3)C(=O)N(c3cc(Cl)nc(Cl)c3)C(=O)N12.COC(=O)N1CCCC2(Cc3ccc(Br)cc3)C(=O)N(c3cc(Cl)nc(Cl)c3)C(=O)N12.O=C1N(c2cc(Cl)nc(Cl)c2)C(=O)C2(Cc3ccc(Br)cc3)CCCNN12. The minimum absolute atomic E-state index is 0.0414. The summed E-state index contributed by atoms with van der Waals surface area (Å²) in [7, 11) is 1.23. The molecule has 4 aromatic heterocycles. The molecule has 8 fully saturated rings. The van der Waals surface area contributed by atoms with Crippen LogP contribution in [0, 0.1) is 0 Å². The highest BCUT2D eigenvalue weighted by molar-refractivity contribution is 9.11. The summed E-state index contributed by atoms with van der Waals surface area (Å²) in [6.45, 7) is 4.65. The third-order valence-electron chi connectivity index (χ3n) is 21.1. The highest BCUT2D eigenvalue weighted by atomic mass is 79.9. The number of hydrogen-bond acceptors (Lipinski definition) is 18. The normalized spacial score (nSPS) is 21.5. The maximum atomic E-state index is 13.8. The predicted octanol–water partition coefficient (Wildman–Crippen LogP) is 17.8. The first-order valence-electron chi connectivity index (χ1n) is 36.8. The van der Waals surface area contributed by atoms with E-state index >= 15 is 0 Å². The number of nitrogens with one attached hydrogen (secondary N) is 1. The second-order valence-electron chi connectivity index (χ2n) is 28.8. The first-order chi connectivity index (χ1) is 56.6. The third kappa shape index (κ3) is 17.9. The van der Waals surface area contributed by atoms with Crippen molar-refractivity contribution < 1.29 is 57.5 Å². The standard InChI is InChI=1S/C21H19BrCl2N4O3.C20H17BrCl2N4O4.C20H17BrCl2N4O3.C18H15BrCl2N4O2/c1-13(29)12-26-8-2-7-21(11-14-3-5-15(22)6-4-14)19(30)27(20(31)28(21)26)16-9-17(23)25-18(24)10-16;1-31-19(30)25-8-2-7-20(11-12-3-5-13(21)6-4-12)17(28)26(18(29)27(20)25)14-9-15(22)24-16(23)10-14;1-12(28)25-8-2-7-20(11-13-3-5-14(21)6-4-13)18(29)26(19(30)27(20)25)15-9-16(22)24-17(23)10-15;19-12-4-2-11(3-5-12)10-18-6-1-7-22-25(18)17(27)24(16(18)26)13-8-14(20)23-15(21)9-13/h3-6,9-10H,2,7-8,11-12H2,1H3;3-6,9-10H,2,7-8,11H2,1H3;3-6,9-10H,2,7-8,11H2,1H3;2-5,8-9,22H,1,6-7,10H2. The number of rotatable bonds is 14. The number of imide groups is 4. The molecule has 8 aliphatic rings. The molecule has 4 aromatic carbocycles. The number of hydrazine groups is 4. The number of fused-ring (bicyclic) bond motifs is 4. The number of anilines is 4. The van der Waals surface area contributed by atoms with Crippen LogP contribution in [0.15, 0.2) is 163 Å². The monoisotopic (exact) mass is 2030 g/mol. The van der Waals surface area contributed by atoms with Crippen LogP contribution in [0.4, 0.5) is 46.7 Å². The Morgan fingerprint density at radius 3 is 0.992 bits per heavy atom. The molecular formula is C79H68Br4Cl8N16O12. The summed E-state index contributed by atoms with van der Waals surface area (Å²) in [5.41, 5.74) is 3.06. The predicted molar refractivity (Wildman–Crippen MR) is 462 cm³/mol. The van der Waals surface area contributed by atoms with Crippen molar-refractivity contribution >= 4 is 245 Å². The number of ether oxygens (including phenoxy) is 1. The molecule has 4 atom stereocenters. The van der Waals surface area contributed by atoms with Crippen molar-refractivity contribution in [3.63, 3.8) is 0 Å². The van der Waals surface area contributed by atoms with Gasteiger partial charge >= 0.3 is 30.2 Å². The Hall–Kier alpha value is -8.19. The number of pyridine rings is 4. The van der Waals surface area contributed by atoms with E-state index in [2.05, 4.69) is 89.1 Å². The van der Waals surface area contributed by atoms with Gasteiger partial charge in [0.1, 0.15) is 69.2 Å². The van der Waals surface area contributed by atoms with Gasteiger partial charge in [-0.15, -0.1) is 0 Å². The Labute approximate surface area is 755 Å². The van der Waals surface area contributed by atoms with Crippen molar-refractivity contribution in [2.45, 2.75) is 113 Å². The molecule has 4 unspecified atom stereocenters. The van der Waals surface area contributed by atoms with Crippen molar-refractivity contribution in [3.05, 3.63) is 227 Å². The average molecular weight is 2040 g/mol. The van der Waals surface area contributed by atoms with Crippen molar-refractivity contribution in [2.75, 3.05) is 59.4 Å². The number of carbonyl (C=O) groups is 11. The Morgan fingerprint density at radius 1 is 0.387 bits per heavy atom. The van der Waals surface area contributed by atoms with Crippen LogP contribution >= 0.6 is 157 Å². The van der Waals surface area contributed by atoms with Crippen LogP contribution in [0.5, 0.6) is 0 Å². The molecule has 0 saturated carbocycles. The van der Waals surface area contributed by atoms with Gasteiger partial charge in [-0.05, 0) is 178 Å². The number of methoxy groups -OCH3 is 1. The molecule has 1 N–H and O–H groups in total. The molecule has 40 heteroatoms. The highest BCUT2D eigenvalue weighted by Crippen LogP contribution is 2.48. The Balaban J connectivity index is 0.000000138. The molecule has 8 saturated heterocycles. The van der Waals surface area contributed by atoms with E-state index in [1.165, 1.54) is 99.5 Å². The van der Waals surface area contributed by atoms with Gasteiger partial charge in [-0.25, -0.2) is 104 Å². The quantitative estimate of drug-likeness (QED) is 0.0781. The van der Waals surface area contributed by atoms with Crippen LogP contribution < -0.4 is 25.0 Å². The van der Waals surface area contributed by atoms with E-state index < -0.39 is 64.2 Å². The van der Waals surface area contributed by atoms with Crippen LogP contribution in [-0.4, -0.2) is 183 Å².